The van der Waals surface area contributed by atoms with Gasteiger partial charge in [-0.25, -0.2) is 9.59 Å². The number of aliphatic carboxylic acids is 1. The molecule has 2 aromatic carbocycles. The number of ether oxygens (including phenoxy) is 1. The van der Waals surface area contributed by atoms with E-state index in [4.69, 9.17) is 4.74 Å². The van der Waals surface area contributed by atoms with E-state index in [-0.39, 0.29) is 24.4 Å². The van der Waals surface area contributed by atoms with E-state index in [9.17, 15) is 19.5 Å². The van der Waals surface area contributed by atoms with Gasteiger partial charge >= 0.3 is 12.1 Å². The number of hydrogen-bond acceptors (Lipinski definition) is 4. The molecule has 0 bridgehead atoms. The Labute approximate surface area is 194 Å². The largest absolute Gasteiger partial charge is 0.480 e. The number of amides is 2. The predicted octanol–water partition coefficient (Wildman–Crippen LogP) is 4.12. The van der Waals surface area contributed by atoms with E-state index in [1.54, 1.807) is 13.8 Å². The standard InChI is InChI=1S/C26H32N2O5/c1-15(2)22(25(30)31)27-24(29)23(16(3)4)28(5)26(32)33-14-21-19-12-8-6-10-17(19)18-11-7-9-13-20(18)21/h6-13,15-16,21-23H,14H2,1-5H3,(H,27,29)(H,30,31)/t22-,23-/m0/s1. The smallest absolute Gasteiger partial charge is 0.410 e. The Bertz CT molecular complexity index is 987. The van der Waals surface area contributed by atoms with Gasteiger partial charge in [-0.2, -0.15) is 0 Å². The minimum Gasteiger partial charge on any atom is -0.480 e. The number of carboxylic acid groups (broad SMARTS) is 1. The fourth-order valence-electron chi connectivity index (χ4n) is 4.49. The topological polar surface area (TPSA) is 95.9 Å². The molecular weight excluding hydrogens is 420 g/mol. The first-order chi connectivity index (χ1) is 15.6. The van der Waals surface area contributed by atoms with Crippen LogP contribution >= 0.6 is 0 Å². The summed E-state index contributed by atoms with van der Waals surface area (Å²) in [6.45, 7) is 7.20. The van der Waals surface area contributed by atoms with Crippen LogP contribution in [0.25, 0.3) is 11.1 Å². The molecule has 0 spiro atoms. The Morgan fingerprint density at radius 1 is 0.939 bits per heavy atom. The highest BCUT2D eigenvalue weighted by molar-refractivity contribution is 5.89. The first-order valence-electron chi connectivity index (χ1n) is 11.2. The van der Waals surface area contributed by atoms with Gasteiger partial charge in [-0.05, 0) is 34.1 Å². The second-order valence-electron chi connectivity index (χ2n) is 9.17. The highest BCUT2D eigenvalue weighted by Crippen LogP contribution is 2.44. The van der Waals surface area contributed by atoms with Crippen molar-refractivity contribution in [2.24, 2.45) is 11.8 Å². The molecule has 0 saturated heterocycles. The van der Waals surface area contributed by atoms with E-state index < -0.39 is 30.1 Å². The monoisotopic (exact) mass is 452 g/mol. The molecule has 0 aliphatic heterocycles. The maximum absolute atomic E-state index is 12.9. The molecule has 2 amide bonds. The number of carbonyl (C=O) groups excluding carboxylic acids is 2. The minimum absolute atomic E-state index is 0.0848. The Hall–Kier alpha value is -3.35. The number of carbonyl (C=O) groups is 3. The second kappa shape index (κ2) is 10.1. The first-order valence-corrected chi connectivity index (χ1v) is 11.2. The molecule has 0 fully saturated rings. The molecule has 0 saturated carbocycles. The molecule has 0 radical (unpaired) electrons. The first kappa shape index (κ1) is 24.3. The van der Waals surface area contributed by atoms with E-state index in [2.05, 4.69) is 17.4 Å². The third-order valence-electron chi connectivity index (χ3n) is 6.17. The van der Waals surface area contributed by atoms with Crippen LogP contribution in [-0.4, -0.2) is 53.7 Å². The van der Waals surface area contributed by atoms with Crippen LogP contribution in [-0.2, 0) is 14.3 Å². The third-order valence-corrected chi connectivity index (χ3v) is 6.17. The van der Waals surface area contributed by atoms with Gasteiger partial charge in [-0.15, -0.1) is 0 Å². The summed E-state index contributed by atoms with van der Waals surface area (Å²) in [6, 6.07) is 14.2. The zero-order chi connectivity index (χ0) is 24.3. The van der Waals surface area contributed by atoms with Crippen molar-refractivity contribution in [3.05, 3.63) is 59.7 Å². The summed E-state index contributed by atoms with van der Waals surface area (Å²) in [5.41, 5.74) is 4.48. The molecule has 2 N–H and O–H groups in total. The molecule has 2 aromatic rings. The number of likely N-dealkylation sites (N-methyl/N-ethyl adjacent to an activating group) is 1. The van der Waals surface area contributed by atoms with Crippen LogP contribution in [0.2, 0.25) is 0 Å². The maximum Gasteiger partial charge on any atom is 0.410 e. The molecule has 33 heavy (non-hydrogen) atoms. The van der Waals surface area contributed by atoms with Crippen LogP contribution in [0.3, 0.4) is 0 Å². The van der Waals surface area contributed by atoms with Crippen LogP contribution in [0.5, 0.6) is 0 Å². The minimum atomic E-state index is -1.11. The lowest BCUT2D eigenvalue weighted by molar-refractivity contribution is -0.144. The van der Waals surface area contributed by atoms with Crippen molar-refractivity contribution in [2.75, 3.05) is 13.7 Å². The van der Waals surface area contributed by atoms with E-state index in [1.807, 2.05) is 50.2 Å². The van der Waals surface area contributed by atoms with E-state index in [0.29, 0.717) is 0 Å². The highest BCUT2D eigenvalue weighted by Gasteiger charge is 2.35. The van der Waals surface area contributed by atoms with Crippen molar-refractivity contribution < 1.29 is 24.2 Å². The van der Waals surface area contributed by atoms with E-state index in [0.717, 1.165) is 22.3 Å². The van der Waals surface area contributed by atoms with Crippen LogP contribution < -0.4 is 5.32 Å². The average molecular weight is 453 g/mol. The van der Waals surface area contributed by atoms with Crippen molar-refractivity contribution in [3.63, 3.8) is 0 Å². The molecule has 1 aliphatic rings. The van der Waals surface area contributed by atoms with Crippen molar-refractivity contribution in [2.45, 2.75) is 45.7 Å². The van der Waals surface area contributed by atoms with Gasteiger partial charge in [0.05, 0.1) is 0 Å². The van der Waals surface area contributed by atoms with Crippen LogP contribution in [0.1, 0.15) is 44.7 Å². The quantitative estimate of drug-likeness (QED) is 0.628. The third kappa shape index (κ3) is 5.02. The van der Waals surface area contributed by atoms with Crippen molar-refractivity contribution in [1.29, 1.82) is 0 Å². The van der Waals surface area contributed by atoms with Crippen molar-refractivity contribution in [1.82, 2.24) is 10.2 Å². The number of benzene rings is 2. The zero-order valence-corrected chi connectivity index (χ0v) is 19.7. The summed E-state index contributed by atoms with van der Waals surface area (Å²) in [7, 11) is 1.51. The summed E-state index contributed by atoms with van der Waals surface area (Å²) < 4.78 is 5.67. The number of carboxylic acids is 1. The van der Waals surface area contributed by atoms with Crippen molar-refractivity contribution in [3.8, 4) is 11.1 Å². The van der Waals surface area contributed by atoms with Crippen LogP contribution in [0.4, 0.5) is 4.79 Å². The lowest BCUT2D eigenvalue weighted by atomic mass is 9.98. The van der Waals surface area contributed by atoms with Gasteiger partial charge in [0.25, 0.3) is 0 Å². The highest BCUT2D eigenvalue weighted by atomic mass is 16.6. The zero-order valence-electron chi connectivity index (χ0n) is 19.7. The molecule has 3 rings (SSSR count). The number of nitrogens with zero attached hydrogens (tertiary/aromatic N) is 1. The van der Waals surface area contributed by atoms with Gasteiger partial charge < -0.3 is 15.2 Å². The average Bonchev–Trinajstić information content (AvgIpc) is 3.09. The molecule has 7 nitrogen and oxygen atoms in total. The molecule has 1 aliphatic carbocycles. The van der Waals surface area contributed by atoms with E-state index in [1.165, 1.54) is 11.9 Å². The van der Waals surface area contributed by atoms with Crippen molar-refractivity contribution >= 4 is 18.0 Å². The number of fused-ring (bicyclic) bond motifs is 3. The lowest BCUT2D eigenvalue weighted by Gasteiger charge is -2.31. The number of rotatable bonds is 8. The maximum atomic E-state index is 12.9. The van der Waals surface area contributed by atoms with Gasteiger partial charge in [-0.3, -0.25) is 9.69 Å². The second-order valence-corrected chi connectivity index (χ2v) is 9.17. The van der Waals surface area contributed by atoms with Crippen LogP contribution in [0.15, 0.2) is 48.5 Å². The SMILES string of the molecule is CC(C)[C@H](NC(=O)[C@H](C(C)C)N(C)C(=O)OCC1c2ccccc2-c2ccccc21)C(=O)O. The van der Waals surface area contributed by atoms with Gasteiger partial charge in [0.2, 0.25) is 5.91 Å². The summed E-state index contributed by atoms with van der Waals surface area (Å²) in [5.74, 6) is -2.23. The fourth-order valence-corrected chi connectivity index (χ4v) is 4.49. The van der Waals surface area contributed by atoms with Gasteiger partial charge in [0.1, 0.15) is 18.7 Å². The van der Waals surface area contributed by atoms with Crippen LogP contribution in [0, 0.1) is 11.8 Å². The van der Waals surface area contributed by atoms with E-state index >= 15 is 0 Å². The summed E-state index contributed by atoms with van der Waals surface area (Å²) in [4.78, 5) is 38.6. The molecular formula is C26H32N2O5. The number of hydrogen-bond donors (Lipinski definition) is 2. The summed E-state index contributed by atoms with van der Waals surface area (Å²) in [5, 5.41) is 12.0. The molecule has 2 atom stereocenters. The Kier molecular flexibility index (Phi) is 7.41. The number of nitrogens with one attached hydrogen (secondary N) is 1. The molecule has 0 unspecified atom stereocenters. The van der Waals surface area contributed by atoms with Gasteiger partial charge in [0, 0.05) is 13.0 Å². The van der Waals surface area contributed by atoms with Gasteiger partial charge in [-0.1, -0.05) is 76.2 Å². The summed E-state index contributed by atoms with van der Waals surface area (Å²) in [6.07, 6.45) is -0.623. The predicted molar refractivity (Wildman–Crippen MR) is 126 cm³/mol. The van der Waals surface area contributed by atoms with Gasteiger partial charge in [0.15, 0.2) is 0 Å². The lowest BCUT2D eigenvalue weighted by Crippen LogP contribution is -2.55. The molecule has 176 valence electrons. The normalized spacial score (nSPS) is 14.4. The summed E-state index contributed by atoms with van der Waals surface area (Å²) >= 11 is 0. The molecule has 0 aromatic heterocycles. The Balaban J connectivity index is 1.73. The molecule has 7 heteroatoms. The Morgan fingerprint density at radius 3 is 1.91 bits per heavy atom. The fraction of sp³-hybridized carbons (Fsp3) is 0.423. The molecule has 0 heterocycles. The Morgan fingerprint density at radius 2 is 1.45 bits per heavy atom.